The predicted octanol–water partition coefficient (Wildman–Crippen LogP) is 2.30. The van der Waals surface area contributed by atoms with Crippen LogP contribution in [0.15, 0.2) is 34.9 Å². The number of ether oxygens (including phenoxy) is 1. The number of aliphatic imine (C=N–C) groups is 1. The summed E-state index contributed by atoms with van der Waals surface area (Å²) < 4.78 is 42.9. The standard InChI is InChI=1S/C14H16F3N5OS/c1-18-13(20-5-6-23-10-3-2-4-19-7-10)21-8-12-22-11(9-24-12)14(15,16)17/h2-4,7,9H,5-6,8H2,1H3,(H2,18,20,21). The quantitative estimate of drug-likeness (QED) is 0.470. The van der Waals surface area contributed by atoms with Crippen molar-refractivity contribution >= 4 is 17.3 Å². The number of pyridine rings is 1. The zero-order valence-corrected chi connectivity index (χ0v) is 13.6. The molecule has 0 bridgehead atoms. The van der Waals surface area contributed by atoms with E-state index in [2.05, 4.69) is 25.6 Å². The van der Waals surface area contributed by atoms with E-state index in [4.69, 9.17) is 4.74 Å². The van der Waals surface area contributed by atoms with Crippen molar-refractivity contribution in [1.82, 2.24) is 20.6 Å². The van der Waals surface area contributed by atoms with Crippen LogP contribution in [0.4, 0.5) is 13.2 Å². The van der Waals surface area contributed by atoms with Crippen molar-refractivity contribution in [3.05, 3.63) is 40.6 Å². The van der Waals surface area contributed by atoms with Crippen LogP contribution < -0.4 is 15.4 Å². The van der Waals surface area contributed by atoms with Crippen LogP contribution in [-0.4, -0.2) is 36.1 Å². The summed E-state index contributed by atoms with van der Waals surface area (Å²) >= 11 is 0.946. The minimum Gasteiger partial charge on any atom is -0.490 e. The molecule has 2 aromatic heterocycles. The molecular weight excluding hydrogens is 343 g/mol. The van der Waals surface area contributed by atoms with Gasteiger partial charge in [0.1, 0.15) is 17.4 Å². The van der Waals surface area contributed by atoms with E-state index >= 15 is 0 Å². The molecule has 0 unspecified atom stereocenters. The predicted molar refractivity (Wildman–Crippen MR) is 85.0 cm³/mol. The Balaban J connectivity index is 1.71. The Morgan fingerprint density at radius 2 is 2.21 bits per heavy atom. The van der Waals surface area contributed by atoms with Crippen molar-refractivity contribution in [2.45, 2.75) is 12.7 Å². The van der Waals surface area contributed by atoms with Gasteiger partial charge in [0.15, 0.2) is 11.7 Å². The summed E-state index contributed by atoms with van der Waals surface area (Å²) in [6.07, 6.45) is -1.16. The molecule has 0 aliphatic carbocycles. The molecule has 0 fully saturated rings. The van der Waals surface area contributed by atoms with Gasteiger partial charge in [0, 0.05) is 18.6 Å². The first kappa shape index (κ1) is 18.0. The second-order valence-electron chi connectivity index (χ2n) is 4.51. The number of halogens is 3. The number of nitrogens with zero attached hydrogens (tertiary/aromatic N) is 3. The minimum atomic E-state index is -4.42. The van der Waals surface area contributed by atoms with Crippen molar-refractivity contribution < 1.29 is 17.9 Å². The van der Waals surface area contributed by atoms with Crippen molar-refractivity contribution in [3.63, 3.8) is 0 Å². The Kier molecular flexibility index (Phi) is 6.36. The third-order valence-corrected chi connectivity index (χ3v) is 3.62. The fraction of sp³-hybridized carbons (Fsp3) is 0.357. The first-order valence-electron chi connectivity index (χ1n) is 6.98. The van der Waals surface area contributed by atoms with Gasteiger partial charge >= 0.3 is 6.18 Å². The first-order chi connectivity index (χ1) is 11.5. The van der Waals surface area contributed by atoms with Gasteiger partial charge in [-0.2, -0.15) is 13.2 Å². The second-order valence-corrected chi connectivity index (χ2v) is 5.46. The summed E-state index contributed by atoms with van der Waals surface area (Å²) in [5.41, 5.74) is -0.878. The summed E-state index contributed by atoms with van der Waals surface area (Å²) in [5.74, 6) is 1.11. The van der Waals surface area contributed by atoms with Gasteiger partial charge in [-0.25, -0.2) is 4.98 Å². The molecule has 2 N–H and O–H groups in total. The summed E-state index contributed by atoms with van der Waals surface area (Å²) in [5, 5.41) is 7.22. The van der Waals surface area contributed by atoms with Crippen LogP contribution in [0.3, 0.4) is 0 Å². The molecule has 0 radical (unpaired) electrons. The summed E-state index contributed by atoms with van der Waals surface area (Å²) in [6, 6.07) is 3.56. The van der Waals surface area contributed by atoms with Crippen LogP contribution in [0.25, 0.3) is 0 Å². The number of hydrogen-bond donors (Lipinski definition) is 2. The van der Waals surface area contributed by atoms with E-state index in [1.807, 2.05) is 0 Å². The zero-order valence-electron chi connectivity index (χ0n) is 12.8. The molecular formula is C14H16F3N5OS. The average Bonchev–Trinajstić information content (AvgIpc) is 3.04. The van der Waals surface area contributed by atoms with Gasteiger partial charge in [0.25, 0.3) is 0 Å². The molecule has 0 aromatic carbocycles. The molecule has 0 aliphatic heterocycles. The smallest absolute Gasteiger partial charge is 0.434 e. The van der Waals surface area contributed by atoms with E-state index in [1.54, 1.807) is 31.6 Å². The summed E-state index contributed by atoms with van der Waals surface area (Å²) in [7, 11) is 1.57. The Hall–Kier alpha value is -2.36. The van der Waals surface area contributed by atoms with Crippen LogP contribution in [0, 0.1) is 0 Å². The first-order valence-corrected chi connectivity index (χ1v) is 7.86. The molecule has 130 valence electrons. The molecule has 0 atom stereocenters. The van der Waals surface area contributed by atoms with Gasteiger partial charge in [-0.15, -0.1) is 11.3 Å². The number of rotatable bonds is 6. The van der Waals surface area contributed by atoms with Gasteiger partial charge in [-0.1, -0.05) is 0 Å². The van der Waals surface area contributed by atoms with E-state index in [1.165, 1.54) is 0 Å². The highest BCUT2D eigenvalue weighted by Crippen LogP contribution is 2.29. The monoisotopic (exact) mass is 359 g/mol. The maximum absolute atomic E-state index is 12.5. The summed E-state index contributed by atoms with van der Waals surface area (Å²) in [6.45, 7) is 1.02. The third-order valence-electron chi connectivity index (χ3n) is 2.77. The van der Waals surface area contributed by atoms with Crippen molar-refractivity contribution in [1.29, 1.82) is 0 Å². The Morgan fingerprint density at radius 1 is 1.38 bits per heavy atom. The topological polar surface area (TPSA) is 71.4 Å². The van der Waals surface area contributed by atoms with E-state index in [0.29, 0.717) is 29.9 Å². The number of guanidine groups is 1. The van der Waals surface area contributed by atoms with Crippen molar-refractivity contribution in [2.75, 3.05) is 20.2 Å². The van der Waals surface area contributed by atoms with Crippen LogP contribution in [0.5, 0.6) is 5.75 Å². The molecule has 0 amide bonds. The molecule has 10 heteroatoms. The molecule has 24 heavy (non-hydrogen) atoms. The molecule has 2 rings (SSSR count). The highest BCUT2D eigenvalue weighted by atomic mass is 32.1. The minimum absolute atomic E-state index is 0.157. The Bertz CT molecular complexity index is 660. The Labute approximate surface area is 140 Å². The highest BCUT2D eigenvalue weighted by molar-refractivity contribution is 7.09. The number of thiazole rings is 1. The van der Waals surface area contributed by atoms with Gasteiger partial charge in [-0.3, -0.25) is 9.98 Å². The highest BCUT2D eigenvalue weighted by Gasteiger charge is 2.33. The lowest BCUT2D eigenvalue weighted by atomic mass is 10.5. The lowest BCUT2D eigenvalue weighted by Gasteiger charge is -2.11. The van der Waals surface area contributed by atoms with E-state index in [-0.39, 0.29) is 6.54 Å². The number of alkyl halides is 3. The largest absolute Gasteiger partial charge is 0.490 e. The van der Waals surface area contributed by atoms with E-state index < -0.39 is 11.9 Å². The molecule has 2 aromatic rings. The maximum atomic E-state index is 12.5. The molecule has 0 spiro atoms. The average molecular weight is 359 g/mol. The lowest BCUT2D eigenvalue weighted by Crippen LogP contribution is -2.38. The molecule has 6 nitrogen and oxygen atoms in total. The second kappa shape index (κ2) is 8.48. The van der Waals surface area contributed by atoms with Crippen LogP contribution in [-0.2, 0) is 12.7 Å². The maximum Gasteiger partial charge on any atom is 0.434 e. The van der Waals surface area contributed by atoms with Crippen LogP contribution >= 0.6 is 11.3 Å². The molecule has 0 saturated carbocycles. The fourth-order valence-corrected chi connectivity index (χ4v) is 2.41. The van der Waals surface area contributed by atoms with Gasteiger partial charge < -0.3 is 15.4 Å². The van der Waals surface area contributed by atoms with E-state index in [9.17, 15) is 13.2 Å². The number of nitrogens with one attached hydrogen (secondary N) is 2. The molecule has 0 saturated heterocycles. The van der Waals surface area contributed by atoms with Crippen LogP contribution in [0.1, 0.15) is 10.7 Å². The molecule has 2 heterocycles. The van der Waals surface area contributed by atoms with Crippen molar-refractivity contribution in [2.24, 2.45) is 4.99 Å². The van der Waals surface area contributed by atoms with Gasteiger partial charge in [0.05, 0.1) is 19.3 Å². The zero-order chi connectivity index (χ0) is 17.4. The fourth-order valence-electron chi connectivity index (χ4n) is 1.67. The third kappa shape index (κ3) is 5.69. The van der Waals surface area contributed by atoms with Crippen LogP contribution in [0.2, 0.25) is 0 Å². The van der Waals surface area contributed by atoms with Crippen molar-refractivity contribution in [3.8, 4) is 5.75 Å². The number of aromatic nitrogens is 2. The lowest BCUT2D eigenvalue weighted by molar-refractivity contribution is -0.140. The van der Waals surface area contributed by atoms with E-state index in [0.717, 1.165) is 16.7 Å². The van der Waals surface area contributed by atoms with Gasteiger partial charge in [0.2, 0.25) is 0 Å². The SMILES string of the molecule is CN=C(NCCOc1cccnc1)NCc1nc(C(F)(F)F)cs1. The number of hydrogen-bond acceptors (Lipinski definition) is 5. The Morgan fingerprint density at radius 3 is 2.83 bits per heavy atom. The van der Waals surface area contributed by atoms with Gasteiger partial charge in [-0.05, 0) is 12.1 Å². The summed E-state index contributed by atoms with van der Waals surface area (Å²) in [4.78, 5) is 11.5. The normalized spacial score (nSPS) is 12.1. The molecule has 0 aliphatic rings.